The summed E-state index contributed by atoms with van der Waals surface area (Å²) in [4.78, 5) is 20.2. The third-order valence-corrected chi connectivity index (χ3v) is 7.10. The predicted octanol–water partition coefficient (Wildman–Crippen LogP) is 5.07. The summed E-state index contributed by atoms with van der Waals surface area (Å²) in [5.41, 5.74) is 3.10. The first-order valence-corrected chi connectivity index (χ1v) is 11.5. The van der Waals surface area contributed by atoms with Crippen LogP contribution in [-0.2, 0) is 5.41 Å². The van der Waals surface area contributed by atoms with Crippen LogP contribution in [0.25, 0.3) is 0 Å². The molecule has 1 N–H and O–H groups in total. The summed E-state index contributed by atoms with van der Waals surface area (Å²) >= 11 is 0. The second-order valence-corrected chi connectivity index (χ2v) is 9.42. The Morgan fingerprint density at radius 3 is 2.27 bits per heavy atom. The number of aliphatic hydroxyl groups is 1. The summed E-state index contributed by atoms with van der Waals surface area (Å²) in [7, 11) is 0. The molecule has 0 saturated heterocycles. The fourth-order valence-corrected chi connectivity index (χ4v) is 5.10. The zero-order valence-corrected chi connectivity index (χ0v) is 18.3. The predicted molar refractivity (Wildman–Crippen MR) is 120 cm³/mol. The monoisotopic (exact) mass is 406 g/mol. The molecule has 2 aliphatic rings. The number of aromatic nitrogens is 1. The highest BCUT2D eigenvalue weighted by molar-refractivity contribution is 5.95. The van der Waals surface area contributed by atoms with Gasteiger partial charge in [-0.05, 0) is 80.7 Å². The van der Waals surface area contributed by atoms with Crippen LogP contribution in [0.15, 0.2) is 48.7 Å². The van der Waals surface area contributed by atoms with Crippen LogP contribution in [0.1, 0.15) is 86.3 Å². The minimum Gasteiger partial charge on any atom is -0.396 e. The van der Waals surface area contributed by atoms with E-state index in [1.165, 1.54) is 5.56 Å². The molecular weight excluding hydrogens is 372 g/mol. The second kappa shape index (κ2) is 8.89. The Hall–Kier alpha value is -2.20. The minimum atomic E-state index is -0.0658. The smallest absolute Gasteiger partial charge is 0.254 e. The number of benzene rings is 1. The Morgan fingerprint density at radius 2 is 1.73 bits per heavy atom. The van der Waals surface area contributed by atoms with Gasteiger partial charge in [0.05, 0.1) is 0 Å². The van der Waals surface area contributed by atoms with Gasteiger partial charge in [-0.1, -0.05) is 32.0 Å². The molecule has 1 heterocycles. The summed E-state index contributed by atoms with van der Waals surface area (Å²) in [6, 6.07) is 14.9. The van der Waals surface area contributed by atoms with Gasteiger partial charge in [-0.2, -0.15) is 0 Å². The molecule has 0 bridgehead atoms. The maximum Gasteiger partial charge on any atom is 0.254 e. The van der Waals surface area contributed by atoms with Crippen molar-refractivity contribution in [3.63, 3.8) is 0 Å². The van der Waals surface area contributed by atoms with Crippen LogP contribution in [0, 0.1) is 0 Å². The average Bonchev–Trinajstić information content (AvgIpc) is 3.61. The van der Waals surface area contributed by atoms with Gasteiger partial charge in [0.1, 0.15) is 0 Å². The first-order valence-electron chi connectivity index (χ1n) is 11.5. The number of hydrogen-bond donors (Lipinski definition) is 1. The third-order valence-electron chi connectivity index (χ3n) is 7.10. The summed E-state index contributed by atoms with van der Waals surface area (Å²) in [6.45, 7) is 4.53. The zero-order valence-electron chi connectivity index (χ0n) is 18.3. The first kappa shape index (κ1) is 21.0. The highest BCUT2D eigenvalue weighted by atomic mass is 16.3. The molecule has 0 aliphatic heterocycles. The van der Waals surface area contributed by atoms with Gasteiger partial charge in [0.15, 0.2) is 0 Å². The van der Waals surface area contributed by atoms with Gasteiger partial charge < -0.3 is 10.0 Å². The zero-order chi connectivity index (χ0) is 21.1. The molecular formula is C26H34N2O2. The van der Waals surface area contributed by atoms with Crippen LogP contribution in [0.2, 0.25) is 0 Å². The molecule has 4 rings (SSSR count). The molecule has 1 aromatic carbocycles. The lowest BCUT2D eigenvalue weighted by Crippen LogP contribution is -2.47. The average molecular weight is 407 g/mol. The van der Waals surface area contributed by atoms with E-state index in [0.29, 0.717) is 12.0 Å². The normalized spacial score (nSPS) is 24.1. The summed E-state index contributed by atoms with van der Waals surface area (Å²) in [6.07, 6.45) is 8.72. The molecule has 0 unspecified atom stereocenters. The van der Waals surface area contributed by atoms with Crippen LogP contribution in [0.5, 0.6) is 0 Å². The van der Waals surface area contributed by atoms with E-state index < -0.39 is 0 Å². The van der Waals surface area contributed by atoms with Gasteiger partial charge in [0, 0.05) is 41.6 Å². The van der Waals surface area contributed by atoms with E-state index in [-0.39, 0.29) is 24.0 Å². The molecule has 2 fully saturated rings. The molecule has 30 heavy (non-hydrogen) atoms. The number of carbonyl (C=O) groups excluding carboxylic acids is 1. The SMILES string of the molecule is CC(C)c1ccc(C(=O)N(C2CC2)[C@H]2CC[C@](CCO)(c3ccccn3)CC2)cc1. The van der Waals surface area contributed by atoms with Gasteiger partial charge in [0.25, 0.3) is 5.91 Å². The quantitative estimate of drug-likeness (QED) is 0.698. The van der Waals surface area contributed by atoms with Crippen molar-refractivity contribution < 1.29 is 9.90 Å². The number of pyridine rings is 1. The Morgan fingerprint density at radius 1 is 1.07 bits per heavy atom. The van der Waals surface area contributed by atoms with E-state index in [0.717, 1.165) is 56.2 Å². The summed E-state index contributed by atoms with van der Waals surface area (Å²) in [5, 5.41) is 9.72. The largest absolute Gasteiger partial charge is 0.396 e. The van der Waals surface area contributed by atoms with Gasteiger partial charge >= 0.3 is 0 Å². The summed E-state index contributed by atoms with van der Waals surface area (Å²) in [5.74, 6) is 0.656. The molecule has 0 radical (unpaired) electrons. The molecule has 4 heteroatoms. The van der Waals surface area contributed by atoms with Crippen LogP contribution in [-0.4, -0.2) is 39.6 Å². The van der Waals surface area contributed by atoms with E-state index in [4.69, 9.17) is 0 Å². The number of hydrogen-bond acceptors (Lipinski definition) is 3. The van der Waals surface area contributed by atoms with Crippen molar-refractivity contribution in [2.24, 2.45) is 0 Å². The van der Waals surface area contributed by atoms with Crippen LogP contribution in [0.4, 0.5) is 0 Å². The number of carbonyl (C=O) groups is 1. The molecule has 4 nitrogen and oxygen atoms in total. The maximum atomic E-state index is 13.4. The maximum absolute atomic E-state index is 13.4. The van der Waals surface area contributed by atoms with Crippen molar-refractivity contribution in [3.8, 4) is 0 Å². The Labute approximate surface area is 180 Å². The fourth-order valence-electron chi connectivity index (χ4n) is 5.10. The van der Waals surface area contributed by atoms with Crippen LogP contribution in [0.3, 0.4) is 0 Å². The molecule has 2 aliphatic carbocycles. The first-order chi connectivity index (χ1) is 14.5. The van der Waals surface area contributed by atoms with Gasteiger partial charge in [-0.3, -0.25) is 9.78 Å². The lowest BCUT2D eigenvalue weighted by atomic mass is 9.68. The second-order valence-electron chi connectivity index (χ2n) is 9.42. The van der Waals surface area contributed by atoms with Crippen molar-refractivity contribution >= 4 is 5.91 Å². The number of aliphatic hydroxyl groups excluding tert-OH is 1. The van der Waals surface area contributed by atoms with Crippen molar-refractivity contribution in [1.29, 1.82) is 0 Å². The fraction of sp³-hybridized carbons (Fsp3) is 0.538. The minimum absolute atomic E-state index is 0.0658. The highest BCUT2D eigenvalue weighted by Crippen LogP contribution is 2.44. The van der Waals surface area contributed by atoms with E-state index in [1.54, 1.807) is 0 Å². The van der Waals surface area contributed by atoms with Crippen molar-refractivity contribution in [1.82, 2.24) is 9.88 Å². The topological polar surface area (TPSA) is 53.4 Å². The molecule has 1 aromatic heterocycles. The van der Waals surface area contributed by atoms with Crippen LogP contribution < -0.4 is 0 Å². The number of nitrogens with zero attached hydrogens (tertiary/aromatic N) is 2. The van der Waals surface area contributed by atoms with Gasteiger partial charge in [-0.15, -0.1) is 0 Å². The van der Waals surface area contributed by atoms with Crippen molar-refractivity contribution in [2.45, 2.75) is 82.2 Å². The lowest BCUT2D eigenvalue weighted by Gasteiger charge is -2.43. The molecule has 0 spiro atoms. The van der Waals surface area contributed by atoms with Gasteiger partial charge in [0.2, 0.25) is 0 Å². The van der Waals surface area contributed by atoms with Crippen molar-refractivity contribution in [2.75, 3.05) is 6.61 Å². The lowest BCUT2D eigenvalue weighted by molar-refractivity contribution is 0.0548. The van der Waals surface area contributed by atoms with E-state index >= 15 is 0 Å². The number of amides is 1. The molecule has 2 saturated carbocycles. The van der Waals surface area contributed by atoms with E-state index in [2.05, 4.69) is 41.9 Å². The highest BCUT2D eigenvalue weighted by Gasteiger charge is 2.43. The molecule has 1 amide bonds. The Kier molecular flexibility index (Phi) is 6.24. The van der Waals surface area contributed by atoms with E-state index in [1.807, 2.05) is 30.5 Å². The molecule has 0 atom stereocenters. The third kappa shape index (κ3) is 4.29. The Bertz CT molecular complexity index is 835. The van der Waals surface area contributed by atoms with Gasteiger partial charge in [-0.25, -0.2) is 0 Å². The number of rotatable bonds is 7. The van der Waals surface area contributed by atoms with Crippen molar-refractivity contribution in [3.05, 3.63) is 65.5 Å². The summed E-state index contributed by atoms with van der Waals surface area (Å²) < 4.78 is 0. The standard InChI is InChI=1S/C26H34N2O2/c1-19(2)20-6-8-21(9-7-20)25(30)28(22-10-11-22)23-12-14-26(15-13-23,16-18-29)24-5-3-4-17-27-24/h3-9,17,19,22-23,29H,10-16,18H2,1-2H3/t23-,26-. The van der Waals surface area contributed by atoms with E-state index in [9.17, 15) is 9.90 Å². The Balaban J connectivity index is 1.50. The molecule has 160 valence electrons. The van der Waals surface area contributed by atoms with Crippen LogP contribution >= 0.6 is 0 Å². The molecule has 2 aromatic rings.